The second-order valence-electron chi connectivity index (χ2n) is 19.3. The highest BCUT2D eigenvalue weighted by atomic mass is 16.5. The Kier molecular flexibility index (Phi) is 51.0. The number of carbonyl (C=O) groups excluding carboxylic acids is 2. The number of nitrogens with one attached hydrogen (secondary N) is 1. The van der Waals surface area contributed by atoms with Crippen LogP contribution in [0.25, 0.3) is 0 Å². The minimum Gasteiger partial charge on any atom is -0.466 e. The van der Waals surface area contributed by atoms with Crippen molar-refractivity contribution in [2.45, 2.75) is 321 Å². The Labute approximate surface area is 387 Å². The zero-order valence-electron chi connectivity index (χ0n) is 41.9. The second kappa shape index (κ2) is 52.2. The predicted octanol–water partition coefficient (Wildman–Crippen LogP) is 16.9. The molecule has 0 radical (unpaired) electrons. The van der Waals surface area contributed by atoms with Crippen molar-refractivity contribution < 1.29 is 24.5 Å². The van der Waals surface area contributed by atoms with Gasteiger partial charge in [0.25, 0.3) is 0 Å². The van der Waals surface area contributed by atoms with Crippen molar-refractivity contribution in [2.24, 2.45) is 0 Å². The molecule has 62 heavy (non-hydrogen) atoms. The maximum Gasteiger partial charge on any atom is 0.305 e. The van der Waals surface area contributed by atoms with E-state index >= 15 is 0 Å². The smallest absolute Gasteiger partial charge is 0.305 e. The fraction of sp³-hybridized carbons (Fsp3) is 0.929. The lowest BCUT2D eigenvalue weighted by Gasteiger charge is -2.20. The fourth-order valence-electron chi connectivity index (χ4n) is 8.75. The molecule has 0 aliphatic rings. The van der Waals surface area contributed by atoms with Crippen LogP contribution in [0.5, 0.6) is 0 Å². The normalized spacial score (nSPS) is 12.6. The highest BCUT2D eigenvalue weighted by molar-refractivity contribution is 5.76. The van der Waals surface area contributed by atoms with E-state index in [4.69, 9.17) is 4.74 Å². The molecule has 0 saturated carbocycles. The molecule has 6 heteroatoms. The lowest BCUT2D eigenvalue weighted by atomic mass is 10.0. The molecule has 2 unspecified atom stereocenters. The third-order valence-electron chi connectivity index (χ3n) is 13.1. The van der Waals surface area contributed by atoms with Gasteiger partial charge in [-0.1, -0.05) is 276 Å². The molecule has 368 valence electrons. The average molecular weight is 876 g/mol. The van der Waals surface area contributed by atoms with Gasteiger partial charge in [-0.2, -0.15) is 0 Å². The fourth-order valence-corrected chi connectivity index (χ4v) is 8.75. The van der Waals surface area contributed by atoms with Crippen LogP contribution in [0.15, 0.2) is 12.2 Å². The quantitative estimate of drug-likeness (QED) is 0.0321. The molecular weight excluding hydrogens is 767 g/mol. The van der Waals surface area contributed by atoms with Gasteiger partial charge in [-0.05, 0) is 32.1 Å². The van der Waals surface area contributed by atoms with E-state index < -0.39 is 12.1 Å². The second-order valence-corrected chi connectivity index (χ2v) is 19.3. The first-order valence-electron chi connectivity index (χ1n) is 28.0. The molecule has 0 aromatic rings. The summed E-state index contributed by atoms with van der Waals surface area (Å²) in [5.41, 5.74) is 0. The molecule has 6 nitrogen and oxygen atoms in total. The van der Waals surface area contributed by atoms with Crippen LogP contribution in [0.3, 0.4) is 0 Å². The maximum absolute atomic E-state index is 12.5. The first-order chi connectivity index (χ1) is 30.5. The molecule has 0 aromatic carbocycles. The summed E-state index contributed by atoms with van der Waals surface area (Å²) in [6.45, 7) is 4.87. The zero-order chi connectivity index (χ0) is 45.1. The van der Waals surface area contributed by atoms with Gasteiger partial charge in [-0.3, -0.25) is 9.59 Å². The molecule has 0 bridgehead atoms. The van der Waals surface area contributed by atoms with Crippen molar-refractivity contribution in [1.29, 1.82) is 0 Å². The van der Waals surface area contributed by atoms with Crippen LogP contribution in [0.2, 0.25) is 0 Å². The number of allylic oxidation sites excluding steroid dienone is 1. The van der Waals surface area contributed by atoms with Crippen molar-refractivity contribution in [2.75, 3.05) is 13.2 Å². The van der Waals surface area contributed by atoms with E-state index in [1.165, 1.54) is 225 Å². The first-order valence-corrected chi connectivity index (χ1v) is 28.0. The number of hydrogen-bond donors (Lipinski definition) is 3. The standard InChI is InChI=1S/C56H109NO5/c1-3-5-7-9-11-13-15-17-18-19-20-21-22-23-24-25-27-28-32-36-40-44-48-54(59)53(52-58)57-55(60)49-45-41-37-33-30-31-35-39-43-47-51-62-56(61)50-46-42-38-34-29-26-16-14-12-10-8-6-4-2/h44,48,53-54,58-59H,3-43,45-47,49-52H2,1-2H3,(H,57,60)/b48-44+. The predicted molar refractivity (Wildman–Crippen MR) is 269 cm³/mol. The Morgan fingerprint density at radius 3 is 1.10 bits per heavy atom. The van der Waals surface area contributed by atoms with E-state index in [1.807, 2.05) is 6.08 Å². The largest absolute Gasteiger partial charge is 0.466 e. The highest BCUT2D eigenvalue weighted by Gasteiger charge is 2.18. The number of unbranched alkanes of at least 4 members (excludes halogenated alkanes) is 41. The number of carbonyl (C=O) groups is 2. The van der Waals surface area contributed by atoms with E-state index in [0.29, 0.717) is 19.4 Å². The van der Waals surface area contributed by atoms with Gasteiger partial charge >= 0.3 is 5.97 Å². The summed E-state index contributed by atoms with van der Waals surface area (Å²) in [5, 5.41) is 23.1. The minimum absolute atomic E-state index is 0.0185. The van der Waals surface area contributed by atoms with Gasteiger partial charge in [0.05, 0.1) is 25.4 Å². The summed E-state index contributed by atoms with van der Waals surface area (Å²) in [4.78, 5) is 24.5. The molecule has 0 rings (SSSR count). The molecule has 0 spiro atoms. The number of amides is 1. The molecular formula is C56H109NO5. The average Bonchev–Trinajstić information content (AvgIpc) is 3.27. The van der Waals surface area contributed by atoms with Crippen LogP contribution in [0.1, 0.15) is 309 Å². The third kappa shape index (κ3) is 48.1. The Hall–Kier alpha value is -1.40. The number of hydrogen-bond acceptors (Lipinski definition) is 5. The van der Waals surface area contributed by atoms with Gasteiger partial charge in [-0.15, -0.1) is 0 Å². The first kappa shape index (κ1) is 60.6. The summed E-state index contributed by atoms with van der Waals surface area (Å²) in [6, 6.07) is -0.644. The van der Waals surface area contributed by atoms with Gasteiger partial charge < -0.3 is 20.3 Å². The Bertz CT molecular complexity index is 924. The molecule has 0 aliphatic carbocycles. The van der Waals surface area contributed by atoms with Crippen LogP contribution in [-0.2, 0) is 14.3 Å². The van der Waals surface area contributed by atoms with E-state index in [2.05, 4.69) is 19.2 Å². The molecule has 3 N–H and O–H groups in total. The summed E-state index contributed by atoms with van der Waals surface area (Å²) >= 11 is 0. The van der Waals surface area contributed by atoms with Crippen molar-refractivity contribution >= 4 is 11.9 Å². The molecule has 0 fully saturated rings. The Morgan fingerprint density at radius 2 is 0.742 bits per heavy atom. The van der Waals surface area contributed by atoms with Gasteiger partial charge in [0.15, 0.2) is 0 Å². The summed E-state index contributed by atoms with van der Waals surface area (Å²) in [6.07, 6.45) is 60.8. The van der Waals surface area contributed by atoms with Crippen molar-refractivity contribution in [3.63, 3.8) is 0 Å². The third-order valence-corrected chi connectivity index (χ3v) is 13.1. The topological polar surface area (TPSA) is 95.9 Å². The number of rotatable bonds is 52. The Balaban J connectivity index is 3.50. The maximum atomic E-state index is 12.5. The van der Waals surface area contributed by atoms with E-state index in [1.54, 1.807) is 6.08 Å². The lowest BCUT2D eigenvalue weighted by molar-refractivity contribution is -0.143. The molecule has 0 saturated heterocycles. The lowest BCUT2D eigenvalue weighted by Crippen LogP contribution is -2.45. The summed E-state index contributed by atoms with van der Waals surface area (Å²) in [5.74, 6) is -0.106. The van der Waals surface area contributed by atoms with Crippen molar-refractivity contribution in [3.05, 3.63) is 12.2 Å². The number of esters is 1. The Morgan fingerprint density at radius 1 is 0.435 bits per heavy atom. The van der Waals surface area contributed by atoms with Crippen LogP contribution < -0.4 is 5.32 Å². The number of aliphatic hydroxyl groups excluding tert-OH is 2. The van der Waals surface area contributed by atoms with Crippen LogP contribution in [0, 0.1) is 0 Å². The van der Waals surface area contributed by atoms with Gasteiger partial charge in [0, 0.05) is 12.8 Å². The van der Waals surface area contributed by atoms with Crippen LogP contribution in [-0.4, -0.2) is 47.4 Å². The molecule has 2 atom stereocenters. The minimum atomic E-state index is -0.858. The van der Waals surface area contributed by atoms with Crippen LogP contribution in [0.4, 0.5) is 0 Å². The van der Waals surface area contributed by atoms with E-state index in [0.717, 1.165) is 57.8 Å². The highest BCUT2D eigenvalue weighted by Crippen LogP contribution is 2.17. The number of ether oxygens (including phenoxy) is 1. The number of aliphatic hydroxyl groups is 2. The summed E-state index contributed by atoms with van der Waals surface area (Å²) in [7, 11) is 0. The van der Waals surface area contributed by atoms with Crippen molar-refractivity contribution in [1.82, 2.24) is 5.32 Å². The monoisotopic (exact) mass is 876 g/mol. The van der Waals surface area contributed by atoms with Crippen molar-refractivity contribution in [3.8, 4) is 0 Å². The molecule has 0 aromatic heterocycles. The summed E-state index contributed by atoms with van der Waals surface area (Å²) < 4.78 is 5.45. The molecule has 1 amide bonds. The molecule has 0 heterocycles. The van der Waals surface area contributed by atoms with E-state index in [9.17, 15) is 19.8 Å². The van der Waals surface area contributed by atoms with E-state index in [-0.39, 0.29) is 18.5 Å². The SMILES string of the molecule is CCCCCCCCCCCCCCCCCCCCCC/C=C/C(O)C(CO)NC(=O)CCCCCCCCCCCCOC(=O)CCCCCCCCCCCCCCC. The van der Waals surface area contributed by atoms with Gasteiger partial charge in [0.2, 0.25) is 5.91 Å². The van der Waals surface area contributed by atoms with Gasteiger partial charge in [-0.25, -0.2) is 0 Å². The van der Waals surface area contributed by atoms with Crippen LogP contribution >= 0.6 is 0 Å². The van der Waals surface area contributed by atoms with Gasteiger partial charge in [0.1, 0.15) is 0 Å². The zero-order valence-corrected chi connectivity index (χ0v) is 41.9. The molecule has 0 aliphatic heterocycles.